The van der Waals surface area contributed by atoms with E-state index in [0.717, 1.165) is 32.1 Å². The number of hydrogen-bond acceptors (Lipinski definition) is 9. The van der Waals surface area contributed by atoms with Crippen LogP contribution in [0.5, 0.6) is 5.75 Å². The minimum Gasteiger partial charge on any atom is -0.489 e. The van der Waals surface area contributed by atoms with Crippen LogP contribution in [0.25, 0.3) is 22.4 Å². The zero-order valence-electron chi connectivity index (χ0n) is 24.0. The number of aromatic nitrogens is 6. The third kappa shape index (κ3) is 6.71. The minimum atomic E-state index is -4.95. The van der Waals surface area contributed by atoms with Crippen molar-refractivity contribution in [1.29, 1.82) is 0 Å². The third-order valence-electron chi connectivity index (χ3n) is 7.31. The molecular weight excluding hydrogens is 613 g/mol. The quantitative estimate of drug-likeness (QED) is 0.247. The number of fused-ring (bicyclic) bond motifs is 1. The Bertz CT molecular complexity index is 2000. The second-order valence-corrected chi connectivity index (χ2v) is 12.5. The Morgan fingerprint density at radius 1 is 1.13 bits per heavy atom. The zero-order chi connectivity index (χ0) is 31.8. The normalized spacial score (nSPS) is 15.8. The molecule has 5 aromatic rings. The molecule has 1 aliphatic rings. The first-order chi connectivity index (χ1) is 21.5. The highest BCUT2D eigenvalue weighted by Gasteiger charge is 2.36. The second-order valence-electron chi connectivity index (χ2n) is 10.7. The fourth-order valence-corrected chi connectivity index (χ4v) is 6.53. The zero-order valence-corrected chi connectivity index (χ0v) is 24.8. The Morgan fingerprint density at radius 3 is 2.62 bits per heavy atom. The van der Waals surface area contributed by atoms with Gasteiger partial charge in [0.15, 0.2) is 5.75 Å². The van der Waals surface area contributed by atoms with Crippen LogP contribution in [0.1, 0.15) is 18.5 Å². The smallest absolute Gasteiger partial charge is 0.404 e. The number of nitrogens with zero attached hydrogens (tertiary/aromatic N) is 6. The lowest BCUT2D eigenvalue weighted by molar-refractivity contribution is -0.106. The summed E-state index contributed by atoms with van der Waals surface area (Å²) in [7, 11) is -3.11. The number of rotatable bonds is 9. The third-order valence-corrected chi connectivity index (χ3v) is 8.96. The molecule has 236 valence electrons. The predicted molar refractivity (Wildman–Crippen MR) is 161 cm³/mol. The van der Waals surface area contributed by atoms with Gasteiger partial charge in [-0.15, -0.1) is 0 Å². The molecule has 0 bridgehead atoms. The van der Waals surface area contributed by atoms with Gasteiger partial charge >= 0.3 is 6.18 Å². The number of halogens is 3. The Balaban J connectivity index is 1.36. The highest BCUT2D eigenvalue weighted by atomic mass is 32.2. The molecule has 2 N–H and O–H groups in total. The summed E-state index contributed by atoms with van der Waals surface area (Å²) in [6, 6.07) is 11.5. The van der Waals surface area contributed by atoms with Crippen LogP contribution in [-0.2, 0) is 23.6 Å². The van der Waals surface area contributed by atoms with Crippen LogP contribution in [0.3, 0.4) is 0 Å². The molecule has 0 spiro atoms. The number of aryl methyl sites for hydroxylation is 1. The fraction of sp³-hybridized carbons (Fsp3) is 0.310. The number of hydrogen-bond donors (Lipinski definition) is 2. The van der Waals surface area contributed by atoms with Gasteiger partial charge in [0.2, 0.25) is 16.0 Å². The molecule has 1 aliphatic heterocycles. The lowest BCUT2D eigenvalue weighted by Gasteiger charge is -2.24. The first kappa shape index (κ1) is 30.3. The maximum absolute atomic E-state index is 13.9. The van der Waals surface area contributed by atoms with Crippen LogP contribution in [0.15, 0.2) is 72.0 Å². The van der Waals surface area contributed by atoms with Crippen molar-refractivity contribution >= 4 is 32.7 Å². The molecule has 12 nitrogen and oxygen atoms in total. The van der Waals surface area contributed by atoms with Gasteiger partial charge in [0.05, 0.1) is 17.8 Å². The molecule has 1 saturated heterocycles. The number of ether oxygens (including phenoxy) is 1. The van der Waals surface area contributed by atoms with E-state index >= 15 is 0 Å². The van der Waals surface area contributed by atoms with Crippen molar-refractivity contribution in [2.24, 2.45) is 7.05 Å². The molecule has 1 fully saturated rings. The molecular formula is C29H29F3N8O4S. The largest absolute Gasteiger partial charge is 0.489 e. The molecule has 0 radical (unpaired) electrons. The van der Waals surface area contributed by atoms with Crippen molar-refractivity contribution in [3.63, 3.8) is 0 Å². The summed E-state index contributed by atoms with van der Waals surface area (Å²) in [6.07, 6.45) is 2.86. The van der Waals surface area contributed by atoms with Crippen molar-refractivity contribution in [2.75, 3.05) is 24.2 Å². The van der Waals surface area contributed by atoms with Crippen molar-refractivity contribution in [3.8, 4) is 17.1 Å². The van der Waals surface area contributed by atoms with Gasteiger partial charge < -0.3 is 19.9 Å². The van der Waals surface area contributed by atoms with E-state index in [-0.39, 0.29) is 29.0 Å². The number of pyridine rings is 1. The summed E-state index contributed by atoms with van der Waals surface area (Å²) in [5.41, 5.74) is 0.340. The monoisotopic (exact) mass is 642 g/mol. The highest BCUT2D eigenvalue weighted by molar-refractivity contribution is 7.90. The van der Waals surface area contributed by atoms with Gasteiger partial charge in [0.1, 0.15) is 23.3 Å². The first-order valence-corrected chi connectivity index (χ1v) is 15.7. The highest BCUT2D eigenvalue weighted by Crippen LogP contribution is 2.25. The van der Waals surface area contributed by atoms with E-state index in [2.05, 4.69) is 25.6 Å². The summed E-state index contributed by atoms with van der Waals surface area (Å²) in [5, 5.41) is 6.84. The number of benzene rings is 1. The fourth-order valence-electron chi connectivity index (χ4n) is 5.24. The van der Waals surface area contributed by atoms with Crippen molar-refractivity contribution in [2.45, 2.75) is 31.7 Å². The molecule has 5 heterocycles. The van der Waals surface area contributed by atoms with Gasteiger partial charge in [-0.05, 0) is 61.9 Å². The Hall–Kier alpha value is -4.70. The van der Waals surface area contributed by atoms with Gasteiger partial charge in [0.25, 0.3) is 5.56 Å². The van der Waals surface area contributed by atoms with Crippen LogP contribution in [0.2, 0.25) is 0 Å². The van der Waals surface area contributed by atoms with E-state index in [1.165, 1.54) is 29.1 Å². The molecule has 0 aliphatic carbocycles. The average molecular weight is 643 g/mol. The van der Waals surface area contributed by atoms with Crippen LogP contribution < -0.4 is 20.9 Å². The second kappa shape index (κ2) is 12.0. The summed E-state index contributed by atoms with van der Waals surface area (Å²) < 4.78 is 74.0. The van der Waals surface area contributed by atoms with Crippen molar-refractivity contribution in [1.82, 2.24) is 33.4 Å². The van der Waals surface area contributed by atoms with Crippen molar-refractivity contribution < 1.29 is 26.3 Å². The average Bonchev–Trinajstić information content (AvgIpc) is 3.64. The number of anilines is 2. The molecule has 1 aromatic carbocycles. The molecule has 6 rings (SSSR count). The Kier molecular flexibility index (Phi) is 8.09. The SMILES string of the molecule is Cn1ccnc1-c1cc2cnc(Nc3ccc(OC4CCCNC4)cc3)nc2n(Cc2cccn2S(=O)(=O)CC(F)(F)F)c1=O. The molecule has 1 unspecified atom stereocenters. The van der Waals surface area contributed by atoms with Gasteiger partial charge in [-0.1, -0.05) is 0 Å². The first-order valence-electron chi connectivity index (χ1n) is 14.1. The van der Waals surface area contributed by atoms with Crippen LogP contribution >= 0.6 is 0 Å². The summed E-state index contributed by atoms with van der Waals surface area (Å²) in [5.74, 6) is -0.856. The van der Waals surface area contributed by atoms with Gasteiger partial charge in [0, 0.05) is 49.5 Å². The van der Waals surface area contributed by atoms with Gasteiger partial charge in [-0.25, -0.2) is 22.4 Å². The van der Waals surface area contributed by atoms with E-state index in [9.17, 15) is 26.4 Å². The Morgan fingerprint density at radius 2 is 1.93 bits per heavy atom. The summed E-state index contributed by atoms with van der Waals surface area (Å²) in [4.78, 5) is 27.1. The summed E-state index contributed by atoms with van der Waals surface area (Å²) >= 11 is 0. The predicted octanol–water partition coefficient (Wildman–Crippen LogP) is 3.66. The number of piperidine rings is 1. The number of imidazole rings is 1. The molecule has 1 atom stereocenters. The molecule has 4 aromatic heterocycles. The lowest BCUT2D eigenvalue weighted by atomic mass is 10.1. The van der Waals surface area contributed by atoms with Gasteiger partial charge in [-0.2, -0.15) is 18.2 Å². The van der Waals surface area contributed by atoms with E-state index in [0.29, 0.717) is 26.6 Å². The van der Waals surface area contributed by atoms with E-state index in [1.807, 2.05) is 12.1 Å². The van der Waals surface area contributed by atoms with Crippen LogP contribution in [0, 0.1) is 0 Å². The van der Waals surface area contributed by atoms with Crippen LogP contribution in [0.4, 0.5) is 24.8 Å². The molecule has 16 heteroatoms. The van der Waals surface area contributed by atoms with E-state index in [4.69, 9.17) is 4.74 Å². The van der Waals surface area contributed by atoms with Gasteiger partial charge in [-0.3, -0.25) is 9.36 Å². The Labute approximate surface area is 255 Å². The topological polar surface area (TPSA) is 138 Å². The summed E-state index contributed by atoms with van der Waals surface area (Å²) in [6.45, 7) is 1.38. The molecule has 45 heavy (non-hydrogen) atoms. The lowest BCUT2D eigenvalue weighted by Crippen LogP contribution is -2.37. The maximum Gasteiger partial charge on any atom is 0.404 e. The maximum atomic E-state index is 13.9. The molecule has 0 saturated carbocycles. The number of alkyl halides is 3. The van der Waals surface area contributed by atoms with Crippen LogP contribution in [-0.4, -0.2) is 67.6 Å². The number of nitrogens with one attached hydrogen (secondary N) is 2. The van der Waals surface area contributed by atoms with E-state index < -0.39 is 34.1 Å². The molecule has 0 amide bonds. The van der Waals surface area contributed by atoms with Crippen molar-refractivity contribution in [3.05, 3.63) is 83.3 Å². The van der Waals surface area contributed by atoms with E-state index in [1.54, 1.807) is 36.0 Å². The standard InChI is InChI=1S/C29H29F3N8O4S/c1-38-13-11-34-26(38)24-14-19-15-35-28(36-20-6-8-22(9-7-20)44-23-5-2-10-33-16-23)37-25(19)39(27(24)41)17-21-4-3-12-40(21)45(42,43)18-29(30,31)32/h3-4,6-9,11-15,23,33H,2,5,10,16-18H2,1H3,(H,35,36,37). The minimum absolute atomic E-state index is 0.0588.